The molecule has 0 radical (unpaired) electrons. The maximum Gasteiger partial charge on any atom is 0.348 e. The molecule has 4 rings (SSSR count). The second-order valence-corrected chi connectivity index (χ2v) is 8.71. The van der Waals surface area contributed by atoms with Crippen molar-refractivity contribution in [3.05, 3.63) is 41.4 Å². The first-order valence-corrected chi connectivity index (χ1v) is 11.3. The number of ether oxygens (including phenoxy) is 3. The van der Waals surface area contributed by atoms with Gasteiger partial charge in [-0.3, -0.25) is 0 Å². The number of nitrogens with two attached hydrogens (primary N) is 1. The van der Waals surface area contributed by atoms with Crippen LogP contribution in [0.5, 0.6) is 5.75 Å². The number of aliphatic carboxylic acids is 2. The number of nitrogen functional groups attached to an aromatic ring is 1. The minimum atomic E-state index is -2.73. The number of methoxy groups -OCH3 is 1. The maximum atomic E-state index is 15.0. The number of hydrogen-bond acceptors (Lipinski definition) is 10. The molecule has 1 fully saturated rings. The fourth-order valence-corrected chi connectivity index (χ4v) is 4.24. The number of benzene rings is 1. The number of carboxylic acid groups (broad SMARTS) is 2. The van der Waals surface area contributed by atoms with E-state index in [0.29, 0.717) is 11.3 Å². The van der Waals surface area contributed by atoms with Crippen LogP contribution in [-0.4, -0.2) is 90.6 Å². The molecule has 0 saturated carbocycles. The Hall–Kier alpha value is -3.59. The van der Waals surface area contributed by atoms with Crippen molar-refractivity contribution in [2.75, 3.05) is 19.5 Å². The summed E-state index contributed by atoms with van der Waals surface area (Å²) in [5.41, 5.74) is 3.81. The Morgan fingerprint density at radius 1 is 1.27 bits per heavy atom. The number of halogens is 2. The molecular weight excluding hydrogens is 517 g/mol. The van der Waals surface area contributed by atoms with Gasteiger partial charge in [0.1, 0.15) is 29.6 Å². The number of hydrogen-bond donors (Lipinski definition) is 4. The number of alkyl halides is 1. The number of rotatable bonds is 10. The predicted molar refractivity (Wildman–Crippen MR) is 125 cm³/mol. The van der Waals surface area contributed by atoms with E-state index < -0.39 is 55.1 Å². The number of anilines is 1. The predicted octanol–water partition coefficient (Wildman–Crippen LogP) is 0.704. The van der Waals surface area contributed by atoms with Crippen molar-refractivity contribution < 1.29 is 43.5 Å². The molecule has 0 aliphatic carbocycles. The molecule has 3 heterocycles. The van der Waals surface area contributed by atoms with Crippen LogP contribution in [0.15, 0.2) is 30.6 Å². The van der Waals surface area contributed by atoms with Gasteiger partial charge in [-0.2, -0.15) is 9.97 Å². The number of aliphatic hydroxyl groups excluding tert-OH is 1. The lowest BCUT2D eigenvalue weighted by atomic mass is 9.94. The summed E-state index contributed by atoms with van der Waals surface area (Å²) in [5.74, 6) is -3.13. The molecule has 0 spiro atoms. The largest absolute Gasteiger partial charge is 0.497 e. The molecule has 1 saturated heterocycles. The van der Waals surface area contributed by atoms with Crippen LogP contribution in [0, 0.1) is 0 Å². The van der Waals surface area contributed by atoms with Gasteiger partial charge in [-0.25, -0.2) is 19.0 Å². The summed E-state index contributed by atoms with van der Waals surface area (Å²) in [4.78, 5) is 36.0. The van der Waals surface area contributed by atoms with Crippen molar-refractivity contribution in [3.63, 3.8) is 0 Å². The van der Waals surface area contributed by atoms with E-state index in [0.717, 1.165) is 0 Å². The molecule has 3 aromatic rings. The number of aromatic nitrogens is 4. The van der Waals surface area contributed by atoms with E-state index in [-0.39, 0.29) is 28.8 Å². The van der Waals surface area contributed by atoms with Crippen molar-refractivity contribution in [1.82, 2.24) is 19.5 Å². The first kappa shape index (κ1) is 26.5. The first-order valence-electron chi connectivity index (χ1n) is 10.9. The Morgan fingerprint density at radius 3 is 2.68 bits per heavy atom. The van der Waals surface area contributed by atoms with Crippen molar-refractivity contribution in [3.8, 4) is 5.75 Å². The summed E-state index contributed by atoms with van der Waals surface area (Å²) in [7, 11) is 1.41. The zero-order valence-electron chi connectivity index (χ0n) is 19.3. The van der Waals surface area contributed by atoms with E-state index in [1.165, 1.54) is 30.1 Å². The van der Waals surface area contributed by atoms with Crippen molar-refractivity contribution in [2.24, 2.45) is 0 Å². The van der Waals surface area contributed by atoms with Crippen molar-refractivity contribution >= 4 is 40.5 Å². The lowest BCUT2D eigenvalue weighted by molar-refractivity contribution is -0.189. The second-order valence-electron chi connectivity index (χ2n) is 8.37. The summed E-state index contributed by atoms with van der Waals surface area (Å²) in [5, 5.41) is 29.8. The van der Waals surface area contributed by atoms with Gasteiger partial charge in [0, 0.05) is 6.42 Å². The fraction of sp³-hybridized carbons (Fsp3) is 0.409. The quantitative estimate of drug-likeness (QED) is 0.208. The highest BCUT2D eigenvalue weighted by Gasteiger charge is 2.51. The van der Waals surface area contributed by atoms with Crippen LogP contribution < -0.4 is 10.5 Å². The van der Waals surface area contributed by atoms with Gasteiger partial charge in [-0.05, 0) is 29.3 Å². The van der Waals surface area contributed by atoms with Crippen molar-refractivity contribution in [1.29, 1.82) is 0 Å². The summed E-state index contributed by atoms with van der Waals surface area (Å²) >= 11 is 5.85. The van der Waals surface area contributed by atoms with Gasteiger partial charge in [-0.15, -0.1) is 0 Å². The van der Waals surface area contributed by atoms with Crippen LogP contribution >= 0.6 is 11.6 Å². The number of carboxylic acids is 2. The summed E-state index contributed by atoms with van der Waals surface area (Å²) in [6, 6.07) is 6.15. The molecule has 1 unspecified atom stereocenters. The van der Waals surface area contributed by atoms with Crippen LogP contribution in [0.3, 0.4) is 0 Å². The minimum Gasteiger partial charge on any atom is -0.497 e. The van der Waals surface area contributed by atoms with E-state index >= 15 is 0 Å². The zero-order valence-corrected chi connectivity index (χ0v) is 20.1. The molecule has 1 aromatic carbocycles. The van der Waals surface area contributed by atoms with Crippen LogP contribution in [0.2, 0.25) is 5.28 Å². The van der Waals surface area contributed by atoms with Gasteiger partial charge < -0.3 is 39.8 Å². The molecule has 2 aromatic heterocycles. The monoisotopic (exact) mass is 539 g/mol. The van der Waals surface area contributed by atoms with E-state index in [9.17, 15) is 29.3 Å². The average molecular weight is 540 g/mol. The molecule has 198 valence electrons. The Morgan fingerprint density at radius 2 is 2.00 bits per heavy atom. The Kier molecular flexibility index (Phi) is 7.45. The van der Waals surface area contributed by atoms with E-state index in [1.807, 2.05) is 0 Å². The summed E-state index contributed by atoms with van der Waals surface area (Å²) in [6.45, 7) is -0.878. The van der Waals surface area contributed by atoms with E-state index in [1.54, 1.807) is 12.1 Å². The third-order valence-electron chi connectivity index (χ3n) is 6.02. The third kappa shape index (κ3) is 5.13. The number of fused-ring (bicyclic) bond motifs is 1. The molecule has 1 aliphatic rings. The summed E-state index contributed by atoms with van der Waals surface area (Å²) < 4.78 is 32.4. The van der Waals surface area contributed by atoms with E-state index in [2.05, 4.69) is 15.0 Å². The Bertz CT molecular complexity index is 1310. The highest BCUT2D eigenvalue weighted by Crippen LogP contribution is 2.30. The topological polar surface area (TPSA) is 192 Å². The molecule has 0 bridgehead atoms. The van der Waals surface area contributed by atoms with Crippen LogP contribution in [0.4, 0.5) is 10.2 Å². The molecule has 37 heavy (non-hydrogen) atoms. The number of nitrogens with zero attached hydrogens (tertiary/aromatic N) is 4. The Balaban J connectivity index is 1.51. The van der Waals surface area contributed by atoms with Crippen LogP contribution in [-0.2, 0) is 32.0 Å². The summed E-state index contributed by atoms with van der Waals surface area (Å²) in [6.07, 6.45) is -5.46. The molecule has 0 amide bonds. The van der Waals surface area contributed by atoms with Crippen molar-refractivity contribution in [2.45, 2.75) is 43.1 Å². The zero-order chi connectivity index (χ0) is 26.9. The number of carbonyl (C=O) groups is 2. The lowest BCUT2D eigenvalue weighted by Gasteiger charge is -2.27. The molecule has 1 aliphatic heterocycles. The molecule has 13 nitrogen and oxygen atoms in total. The minimum absolute atomic E-state index is 0.0268. The van der Waals surface area contributed by atoms with Crippen LogP contribution in [0.1, 0.15) is 5.56 Å². The third-order valence-corrected chi connectivity index (χ3v) is 6.19. The normalized spacial score (nSPS) is 21.8. The molecule has 5 N–H and O–H groups in total. The van der Waals surface area contributed by atoms with Gasteiger partial charge >= 0.3 is 11.9 Å². The smallest absolute Gasteiger partial charge is 0.348 e. The number of aliphatic hydroxyl groups is 1. The molecule has 4 atom stereocenters. The highest BCUT2D eigenvalue weighted by atomic mass is 35.5. The van der Waals surface area contributed by atoms with Gasteiger partial charge in [0.05, 0.1) is 26.6 Å². The van der Waals surface area contributed by atoms with Gasteiger partial charge in [0.15, 0.2) is 17.6 Å². The Labute approximate surface area is 213 Å². The van der Waals surface area contributed by atoms with Gasteiger partial charge in [-0.1, -0.05) is 12.1 Å². The SMILES string of the molecule is COc1cccc(CC(OC[C@H]2OC(Cn3cnc4c(N)nc(Cl)nc43)[C@@H](F)[C@@H]2O)(C(=O)O)C(=O)O)c1. The fourth-order valence-electron chi connectivity index (χ4n) is 4.06. The molecular formula is C22H23ClFN5O8. The van der Waals surface area contributed by atoms with Crippen LogP contribution in [0.25, 0.3) is 11.2 Å². The average Bonchev–Trinajstić information content (AvgIpc) is 3.37. The lowest BCUT2D eigenvalue weighted by Crippen LogP contribution is -2.52. The highest BCUT2D eigenvalue weighted by molar-refractivity contribution is 6.28. The second kappa shape index (κ2) is 10.4. The van der Waals surface area contributed by atoms with Gasteiger partial charge in [0.2, 0.25) is 5.28 Å². The standard InChI is InChI=1S/C22H23ClFN5O8/c1-35-11-4-2-3-10(5-11)6-22(19(31)32,20(33)34)36-8-13-16(30)14(24)12(37-13)7-29-9-26-15-17(25)27-21(23)28-18(15)29/h2-5,9,12-14,16,30H,6-8H2,1H3,(H,31,32)(H,33,34)(H2,25,27,28)/t12?,13-,14-,16-/m1/s1. The maximum absolute atomic E-state index is 15.0. The first-order chi connectivity index (χ1) is 17.6. The van der Waals surface area contributed by atoms with E-state index in [4.69, 9.17) is 31.5 Å². The molecule has 15 heteroatoms. The van der Waals surface area contributed by atoms with Gasteiger partial charge in [0.25, 0.3) is 5.60 Å². The number of imidazole rings is 1.